The normalized spacial score (nSPS) is 21.4. The minimum Gasteiger partial charge on any atom is -0.480 e. The second-order valence-electron chi connectivity index (χ2n) is 8.70. The van der Waals surface area contributed by atoms with Crippen LogP contribution in [0.15, 0.2) is 6.07 Å². The lowest BCUT2D eigenvalue weighted by Gasteiger charge is -2.39. The maximum Gasteiger partial charge on any atom is 0.309 e. The summed E-state index contributed by atoms with van der Waals surface area (Å²) in [5, 5.41) is 3.14. The first-order valence-electron chi connectivity index (χ1n) is 11.8. The van der Waals surface area contributed by atoms with E-state index < -0.39 is 5.91 Å². The highest BCUT2D eigenvalue weighted by Crippen LogP contribution is 2.26. The molecule has 194 valence electrons. The molecule has 0 saturated carbocycles. The number of likely N-dealkylation sites (tertiary alicyclic amines) is 2. The summed E-state index contributed by atoms with van der Waals surface area (Å²) in [4.78, 5) is 45.5. The van der Waals surface area contributed by atoms with Crippen molar-refractivity contribution in [3.8, 4) is 5.88 Å². The number of nitrogen functional groups attached to an aromatic ring is 1. The number of nitrogens with zero attached hydrogens (tertiary/aromatic N) is 3. The molecule has 0 radical (unpaired) electrons. The smallest absolute Gasteiger partial charge is 0.309 e. The van der Waals surface area contributed by atoms with E-state index in [1.807, 2.05) is 4.90 Å². The monoisotopic (exact) mass is 511 g/mol. The van der Waals surface area contributed by atoms with E-state index >= 15 is 0 Å². The molecule has 2 saturated heterocycles. The zero-order valence-corrected chi connectivity index (χ0v) is 21.2. The molecule has 35 heavy (non-hydrogen) atoms. The number of piperidine rings is 2. The van der Waals surface area contributed by atoms with Gasteiger partial charge in [-0.3, -0.25) is 19.3 Å². The van der Waals surface area contributed by atoms with Crippen LogP contribution < -0.4 is 15.8 Å². The van der Waals surface area contributed by atoms with Gasteiger partial charge in [-0.2, -0.15) is 4.98 Å². The van der Waals surface area contributed by atoms with Crippen LogP contribution in [-0.4, -0.2) is 98.3 Å². The molecule has 0 unspecified atom stereocenters. The highest BCUT2D eigenvalue weighted by Gasteiger charge is 2.34. The van der Waals surface area contributed by atoms with Gasteiger partial charge in [0.1, 0.15) is 11.4 Å². The third-order valence-electron chi connectivity index (χ3n) is 6.50. The highest BCUT2D eigenvalue weighted by molar-refractivity contribution is 6.33. The fourth-order valence-corrected chi connectivity index (χ4v) is 4.65. The van der Waals surface area contributed by atoms with Gasteiger partial charge in [0.15, 0.2) is 0 Å². The van der Waals surface area contributed by atoms with Crippen molar-refractivity contribution < 1.29 is 28.6 Å². The van der Waals surface area contributed by atoms with Gasteiger partial charge >= 0.3 is 5.97 Å². The highest BCUT2D eigenvalue weighted by atomic mass is 35.5. The first kappa shape index (κ1) is 27.0. The topological polar surface area (TPSA) is 136 Å². The van der Waals surface area contributed by atoms with Crippen molar-refractivity contribution >= 4 is 35.2 Å². The van der Waals surface area contributed by atoms with Crippen molar-refractivity contribution in [2.75, 3.05) is 59.3 Å². The molecule has 2 aliphatic heterocycles. The van der Waals surface area contributed by atoms with Crippen LogP contribution in [0.5, 0.6) is 5.88 Å². The number of hydrogen-bond acceptors (Lipinski definition) is 9. The lowest BCUT2D eigenvalue weighted by atomic mass is 9.97. The van der Waals surface area contributed by atoms with E-state index in [9.17, 15) is 14.4 Å². The predicted molar refractivity (Wildman–Crippen MR) is 129 cm³/mol. The maximum absolute atomic E-state index is 12.9. The second-order valence-corrected chi connectivity index (χ2v) is 9.10. The number of methoxy groups -OCH3 is 2. The van der Waals surface area contributed by atoms with Gasteiger partial charge in [0, 0.05) is 33.3 Å². The number of esters is 1. The molecule has 2 fully saturated rings. The summed E-state index contributed by atoms with van der Waals surface area (Å²) < 4.78 is 15.9. The van der Waals surface area contributed by atoms with E-state index in [0.717, 1.165) is 0 Å². The summed E-state index contributed by atoms with van der Waals surface area (Å²) in [5.74, 6) is -0.511. The lowest BCUT2D eigenvalue weighted by Crippen LogP contribution is -2.56. The summed E-state index contributed by atoms with van der Waals surface area (Å²) in [6.45, 7) is 4.62. The molecular formula is C23H34ClN5O6. The van der Waals surface area contributed by atoms with Crippen LogP contribution in [0.25, 0.3) is 0 Å². The molecule has 1 aromatic heterocycles. The summed E-state index contributed by atoms with van der Waals surface area (Å²) in [6.07, 6.45) is 1.53. The van der Waals surface area contributed by atoms with Crippen molar-refractivity contribution in [1.82, 2.24) is 20.1 Å². The SMILES string of the molecule is CCOC(=O)C1CCN(C(=O)CN2CC[C@H](NC(=O)c3cc(Cl)c(N)nc3OC)[C@H](OC)C2)CC1. The third kappa shape index (κ3) is 6.74. The molecule has 0 aromatic carbocycles. The van der Waals surface area contributed by atoms with Gasteiger partial charge in [-0.25, -0.2) is 0 Å². The van der Waals surface area contributed by atoms with Gasteiger partial charge in [-0.15, -0.1) is 0 Å². The summed E-state index contributed by atoms with van der Waals surface area (Å²) in [5.41, 5.74) is 5.89. The molecule has 3 rings (SSSR count). The number of nitrogens with one attached hydrogen (secondary N) is 1. The van der Waals surface area contributed by atoms with Crippen LogP contribution in [0.1, 0.15) is 36.5 Å². The minimum absolute atomic E-state index is 0.0250. The number of aromatic nitrogens is 1. The van der Waals surface area contributed by atoms with Crippen molar-refractivity contribution in [3.63, 3.8) is 0 Å². The summed E-state index contributed by atoms with van der Waals surface area (Å²) in [6, 6.07) is 1.17. The Morgan fingerprint density at radius 1 is 1.20 bits per heavy atom. The average molecular weight is 512 g/mol. The van der Waals surface area contributed by atoms with Crippen molar-refractivity contribution in [3.05, 3.63) is 16.7 Å². The number of amides is 2. The third-order valence-corrected chi connectivity index (χ3v) is 6.80. The van der Waals surface area contributed by atoms with E-state index in [0.29, 0.717) is 52.0 Å². The standard InChI is InChI=1S/C23H34ClN5O6/c1-4-35-23(32)14-5-9-29(10-6-14)19(30)13-28-8-7-17(18(12-28)33-2)26-21(31)15-11-16(24)20(25)27-22(15)34-3/h11,14,17-18H,4-10,12-13H2,1-3H3,(H2,25,27)(H,26,31)/t17-,18+/m0/s1. The molecule has 0 bridgehead atoms. The van der Waals surface area contributed by atoms with E-state index in [1.54, 1.807) is 18.9 Å². The van der Waals surface area contributed by atoms with Crippen LogP contribution in [0.2, 0.25) is 5.02 Å². The molecule has 1 aromatic rings. The molecule has 0 spiro atoms. The second kappa shape index (κ2) is 12.4. The van der Waals surface area contributed by atoms with Crippen molar-refractivity contribution in [2.45, 2.75) is 38.3 Å². The van der Waals surface area contributed by atoms with Gasteiger partial charge in [-0.05, 0) is 32.3 Å². The van der Waals surface area contributed by atoms with E-state index in [1.165, 1.54) is 13.2 Å². The largest absolute Gasteiger partial charge is 0.480 e. The number of rotatable bonds is 8. The zero-order valence-electron chi connectivity index (χ0n) is 20.4. The van der Waals surface area contributed by atoms with E-state index in [4.69, 9.17) is 31.5 Å². The summed E-state index contributed by atoms with van der Waals surface area (Å²) >= 11 is 6.04. The number of hydrogen-bond donors (Lipinski definition) is 2. The molecule has 12 heteroatoms. The average Bonchev–Trinajstić information content (AvgIpc) is 2.86. The van der Waals surface area contributed by atoms with Crippen LogP contribution in [0.4, 0.5) is 5.82 Å². The number of pyridine rings is 1. The Morgan fingerprint density at radius 3 is 2.54 bits per heavy atom. The van der Waals surface area contributed by atoms with Crippen LogP contribution in [-0.2, 0) is 19.1 Å². The maximum atomic E-state index is 12.9. The molecule has 3 heterocycles. The Bertz CT molecular complexity index is 924. The Kier molecular flexibility index (Phi) is 9.53. The molecule has 2 amide bonds. The molecule has 0 aliphatic carbocycles. The first-order chi connectivity index (χ1) is 16.8. The quantitative estimate of drug-likeness (QED) is 0.488. The van der Waals surface area contributed by atoms with Gasteiger partial charge in [0.25, 0.3) is 5.91 Å². The van der Waals surface area contributed by atoms with Crippen molar-refractivity contribution in [2.24, 2.45) is 5.92 Å². The number of nitrogens with two attached hydrogens (primary N) is 1. The Labute approximate surface area is 210 Å². The number of anilines is 1. The summed E-state index contributed by atoms with van der Waals surface area (Å²) in [7, 11) is 2.98. The molecule has 11 nitrogen and oxygen atoms in total. The number of ether oxygens (including phenoxy) is 3. The van der Waals surface area contributed by atoms with E-state index in [2.05, 4.69) is 10.3 Å². The fraction of sp³-hybridized carbons (Fsp3) is 0.652. The molecule has 2 aliphatic rings. The van der Waals surface area contributed by atoms with Crippen molar-refractivity contribution in [1.29, 1.82) is 0 Å². The molecular weight excluding hydrogens is 478 g/mol. The first-order valence-corrected chi connectivity index (χ1v) is 12.2. The Balaban J connectivity index is 1.52. The number of carbonyl (C=O) groups excluding carboxylic acids is 3. The van der Waals surface area contributed by atoms with E-state index in [-0.39, 0.29) is 58.8 Å². The Morgan fingerprint density at radius 2 is 1.91 bits per heavy atom. The Hall–Kier alpha value is -2.63. The van der Waals surface area contributed by atoms with Crippen LogP contribution >= 0.6 is 11.6 Å². The molecule has 2 atom stereocenters. The van der Waals surface area contributed by atoms with Crippen LogP contribution in [0, 0.1) is 5.92 Å². The van der Waals surface area contributed by atoms with Gasteiger partial charge in [-0.1, -0.05) is 11.6 Å². The fourth-order valence-electron chi connectivity index (χ4n) is 4.49. The zero-order chi connectivity index (χ0) is 25.5. The van der Waals surface area contributed by atoms with Gasteiger partial charge in [0.2, 0.25) is 11.8 Å². The van der Waals surface area contributed by atoms with Gasteiger partial charge in [0.05, 0.1) is 43.3 Å². The number of carbonyl (C=O) groups is 3. The minimum atomic E-state index is -0.391. The lowest BCUT2D eigenvalue weighted by molar-refractivity contribution is -0.151. The van der Waals surface area contributed by atoms with Crippen LogP contribution in [0.3, 0.4) is 0 Å². The van der Waals surface area contributed by atoms with Gasteiger partial charge < -0.3 is 30.2 Å². The molecule has 3 N–H and O–H groups in total. The predicted octanol–water partition coefficient (Wildman–Crippen LogP) is 0.947. The number of halogens is 1.